The van der Waals surface area contributed by atoms with Gasteiger partial charge in [0.25, 0.3) is 0 Å². The standard InChI is InChI=1S/C14H25NO/c1-14(2)8-4-3-5-13(14)15-12-7-6-11(9-12)10-16/h6-7,11-13,15-16H,3-5,8-10H2,1-2H3/t11-,12+,13?/m0/s1. The molecule has 0 saturated heterocycles. The van der Waals surface area contributed by atoms with Crippen molar-refractivity contribution in [2.24, 2.45) is 11.3 Å². The van der Waals surface area contributed by atoms with Crippen LogP contribution in [0.5, 0.6) is 0 Å². The number of hydrogen-bond acceptors (Lipinski definition) is 2. The molecule has 1 saturated carbocycles. The molecule has 0 heterocycles. The largest absolute Gasteiger partial charge is 0.396 e. The molecule has 0 bridgehead atoms. The smallest absolute Gasteiger partial charge is 0.0494 e. The van der Waals surface area contributed by atoms with Gasteiger partial charge in [0, 0.05) is 24.6 Å². The lowest BCUT2D eigenvalue weighted by atomic mass is 9.73. The fraction of sp³-hybridized carbons (Fsp3) is 0.857. The quantitative estimate of drug-likeness (QED) is 0.720. The summed E-state index contributed by atoms with van der Waals surface area (Å²) in [5.74, 6) is 0.379. The Labute approximate surface area is 99.1 Å². The fourth-order valence-electron chi connectivity index (χ4n) is 3.09. The zero-order valence-electron chi connectivity index (χ0n) is 10.6. The molecule has 16 heavy (non-hydrogen) atoms. The van der Waals surface area contributed by atoms with Gasteiger partial charge in [-0.25, -0.2) is 0 Å². The van der Waals surface area contributed by atoms with Crippen LogP contribution in [0.1, 0.15) is 46.0 Å². The second-order valence-electron chi connectivity index (χ2n) is 6.12. The molecule has 0 aromatic rings. The molecule has 2 N–H and O–H groups in total. The van der Waals surface area contributed by atoms with Crippen LogP contribution in [0.4, 0.5) is 0 Å². The van der Waals surface area contributed by atoms with Crippen molar-refractivity contribution < 1.29 is 5.11 Å². The lowest BCUT2D eigenvalue weighted by Crippen LogP contribution is -2.47. The molecule has 2 nitrogen and oxygen atoms in total. The van der Waals surface area contributed by atoms with Gasteiger partial charge < -0.3 is 10.4 Å². The van der Waals surface area contributed by atoms with Gasteiger partial charge in [-0.2, -0.15) is 0 Å². The Balaban J connectivity index is 1.87. The fourth-order valence-corrected chi connectivity index (χ4v) is 3.09. The van der Waals surface area contributed by atoms with Crippen LogP contribution in [0.3, 0.4) is 0 Å². The molecule has 0 aromatic heterocycles. The maximum absolute atomic E-state index is 9.11. The Hall–Kier alpha value is -0.340. The number of rotatable bonds is 3. The van der Waals surface area contributed by atoms with Crippen molar-refractivity contribution in [2.75, 3.05) is 6.61 Å². The maximum Gasteiger partial charge on any atom is 0.0494 e. The van der Waals surface area contributed by atoms with Crippen LogP contribution in [0.15, 0.2) is 12.2 Å². The van der Waals surface area contributed by atoms with Crippen molar-refractivity contribution in [3.05, 3.63) is 12.2 Å². The minimum Gasteiger partial charge on any atom is -0.396 e. The van der Waals surface area contributed by atoms with Crippen LogP contribution in [-0.2, 0) is 0 Å². The van der Waals surface area contributed by atoms with E-state index in [1.165, 1.54) is 25.7 Å². The van der Waals surface area contributed by atoms with Gasteiger partial charge in [-0.15, -0.1) is 0 Å². The summed E-state index contributed by atoms with van der Waals surface area (Å²) in [6, 6.07) is 1.13. The van der Waals surface area contributed by atoms with E-state index in [2.05, 4.69) is 31.3 Å². The average Bonchev–Trinajstić information content (AvgIpc) is 2.69. The summed E-state index contributed by atoms with van der Waals surface area (Å²) in [4.78, 5) is 0. The van der Waals surface area contributed by atoms with E-state index in [0.29, 0.717) is 30.0 Å². The second kappa shape index (κ2) is 4.89. The predicted octanol–water partition coefficient (Wildman–Crippen LogP) is 2.48. The maximum atomic E-state index is 9.11. The SMILES string of the molecule is CC1(C)CCCCC1N[C@@H]1C=C[C@H](CO)C1. The van der Waals surface area contributed by atoms with Gasteiger partial charge in [-0.3, -0.25) is 0 Å². The van der Waals surface area contributed by atoms with E-state index in [9.17, 15) is 0 Å². The molecule has 2 aliphatic rings. The summed E-state index contributed by atoms with van der Waals surface area (Å²) in [6.45, 7) is 5.06. The molecule has 1 unspecified atom stereocenters. The predicted molar refractivity (Wildman–Crippen MR) is 67.3 cm³/mol. The highest BCUT2D eigenvalue weighted by atomic mass is 16.3. The Kier molecular flexibility index (Phi) is 3.70. The Bertz CT molecular complexity index is 259. The number of aliphatic hydroxyl groups is 1. The first-order valence-electron chi connectivity index (χ1n) is 6.67. The van der Waals surface area contributed by atoms with E-state index in [0.717, 1.165) is 6.42 Å². The van der Waals surface area contributed by atoms with Gasteiger partial charge in [-0.1, -0.05) is 38.8 Å². The van der Waals surface area contributed by atoms with Gasteiger partial charge in [0.2, 0.25) is 0 Å². The number of aliphatic hydroxyl groups excluding tert-OH is 1. The summed E-state index contributed by atoms with van der Waals surface area (Å²) in [7, 11) is 0. The lowest BCUT2D eigenvalue weighted by molar-refractivity contribution is 0.157. The molecule has 1 fully saturated rings. The third kappa shape index (κ3) is 2.67. The van der Waals surface area contributed by atoms with Crippen LogP contribution in [0.2, 0.25) is 0 Å². The monoisotopic (exact) mass is 223 g/mol. The third-order valence-corrected chi connectivity index (χ3v) is 4.33. The minimum atomic E-state index is 0.294. The molecule has 0 spiro atoms. The summed E-state index contributed by atoms with van der Waals surface area (Å²) < 4.78 is 0. The molecule has 3 atom stereocenters. The van der Waals surface area contributed by atoms with Crippen LogP contribution in [0.25, 0.3) is 0 Å². The lowest BCUT2D eigenvalue weighted by Gasteiger charge is -2.40. The van der Waals surface area contributed by atoms with Gasteiger partial charge in [0.15, 0.2) is 0 Å². The van der Waals surface area contributed by atoms with Gasteiger partial charge in [-0.05, 0) is 24.7 Å². The first-order chi connectivity index (χ1) is 7.62. The molecule has 0 radical (unpaired) electrons. The second-order valence-corrected chi connectivity index (χ2v) is 6.12. The number of hydrogen-bond donors (Lipinski definition) is 2. The van der Waals surface area contributed by atoms with Crippen molar-refractivity contribution in [1.82, 2.24) is 5.32 Å². The molecule has 92 valence electrons. The van der Waals surface area contributed by atoms with Crippen LogP contribution >= 0.6 is 0 Å². The van der Waals surface area contributed by atoms with Crippen molar-refractivity contribution in [1.29, 1.82) is 0 Å². The van der Waals surface area contributed by atoms with Crippen molar-refractivity contribution in [3.8, 4) is 0 Å². The molecular weight excluding hydrogens is 198 g/mol. The third-order valence-electron chi connectivity index (χ3n) is 4.33. The summed E-state index contributed by atoms with van der Waals surface area (Å²) in [6.07, 6.45) is 10.9. The van der Waals surface area contributed by atoms with Crippen molar-refractivity contribution in [3.63, 3.8) is 0 Å². The van der Waals surface area contributed by atoms with Crippen LogP contribution in [0, 0.1) is 11.3 Å². The molecule has 2 heteroatoms. The Morgan fingerprint density at radius 2 is 2.12 bits per heavy atom. The molecule has 0 aromatic carbocycles. The van der Waals surface area contributed by atoms with Crippen molar-refractivity contribution >= 4 is 0 Å². The van der Waals surface area contributed by atoms with E-state index in [1.807, 2.05) is 0 Å². The first-order valence-corrected chi connectivity index (χ1v) is 6.67. The van der Waals surface area contributed by atoms with Gasteiger partial charge in [0.05, 0.1) is 0 Å². The average molecular weight is 223 g/mol. The summed E-state index contributed by atoms with van der Waals surface area (Å²) >= 11 is 0. The normalized spacial score (nSPS) is 37.8. The zero-order valence-corrected chi connectivity index (χ0v) is 10.6. The first kappa shape index (κ1) is 12.1. The molecular formula is C14H25NO. The highest BCUT2D eigenvalue weighted by Gasteiger charge is 2.33. The van der Waals surface area contributed by atoms with E-state index in [4.69, 9.17) is 5.11 Å². The topological polar surface area (TPSA) is 32.3 Å². The Morgan fingerprint density at radius 1 is 1.31 bits per heavy atom. The van der Waals surface area contributed by atoms with Gasteiger partial charge in [0.1, 0.15) is 0 Å². The van der Waals surface area contributed by atoms with Gasteiger partial charge >= 0.3 is 0 Å². The Morgan fingerprint density at radius 3 is 2.75 bits per heavy atom. The van der Waals surface area contributed by atoms with Crippen molar-refractivity contribution in [2.45, 2.75) is 58.0 Å². The van der Waals surface area contributed by atoms with Crippen LogP contribution < -0.4 is 5.32 Å². The van der Waals surface area contributed by atoms with E-state index >= 15 is 0 Å². The highest BCUT2D eigenvalue weighted by Crippen LogP contribution is 2.36. The minimum absolute atomic E-state index is 0.294. The molecule has 0 amide bonds. The summed E-state index contributed by atoms with van der Waals surface area (Å²) in [5.41, 5.74) is 0.434. The molecule has 2 rings (SSSR count). The highest BCUT2D eigenvalue weighted by molar-refractivity contribution is 5.07. The molecule has 2 aliphatic carbocycles. The zero-order chi connectivity index (χ0) is 11.6. The number of nitrogens with one attached hydrogen (secondary N) is 1. The van der Waals surface area contributed by atoms with Crippen LogP contribution in [-0.4, -0.2) is 23.8 Å². The van der Waals surface area contributed by atoms with E-state index in [-0.39, 0.29) is 0 Å². The summed E-state index contributed by atoms with van der Waals surface area (Å²) in [5, 5.41) is 12.9. The van der Waals surface area contributed by atoms with E-state index in [1.54, 1.807) is 0 Å². The molecule has 0 aliphatic heterocycles. The van der Waals surface area contributed by atoms with E-state index < -0.39 is 0 Å².